The Morgan fingerprint density at radius 2 is 1.69 bits per heavy atom. The van der Waals surface area contributed by atoms with Crippen molar-refractivity contribution < 1.29 is 23.7 Å². The zero-order valence-corrected chi connectivity index (χ0v) is 14.9. The van der Waals surface area contributed by atoms with E-state index >= 15 is 0 Å². The Balaban J connectivity index is 1.26. The number of benzene rings is 1. The maximum Gasteiger partial charge on any atom is 0.190 e. The van der Waals surface area contributed by atoms with Gasteiger partial charge in [0.2, 0.25) is 0 Å². The van der Waals surface area contributed by atoms with Gasteiger partial charge in [0.25, 0.3) is 0 Å². The molecule has 0 aromatic heterocycles. The molecule has 5 aliphatic rings. The highest BCUT2D eigenvalue weighted by atomic mass is 16.8. The van der Waals surface area contributed by atoms with E-state index in [0.717, 1.165) is 25.9 Å². The lowest BCUT2D eigenvalue weighted by Gasteiger charge is -2.36. The summed E-state index contributed by atoms with van der Waals surface area (Å²) in [5, 5.41) is 0. The van der Waals surface area contributed by atoms with Crippen LogP contribution in [0.4, 0.5) is 0 Å². The standard InChI is InChI=1S/C21H26O5/c1-3-7-13(8-4-1)16-15-14(9-12-22-16)23-18-17(15)24-20-19(18)25-21(26-20)10-5-2-6-11-21/h1,3-4,7-8,14-20H,2,5-6,9-12H2. The highest BCUT2D eigenvalue weighted by molar-refractivity contribution is 5.21. The van der Waals surface area contributed by atoms with Gasteiger partial charge in [0.05, 0.1) is 18.3 Å². The molecule has 1 spiro atoms. The van der Waals surface area contributed by atoms with Crippen LogP contribution < -0.4 is 0 Å². The lowest BCUT2D eigenvalue weighted by Crippen LogP contribution is -2.40. The van der Waals surface area contributed by atoms with Gasteiger partial charge >= 0.3 is 0 Å². The zero-order valence-electron chi connectivity index (χ0n) is 14.9. The molecule has 0 amide bonds. The number of rotatable bonds is 1. The molecule has 1 aliphatic carbocycles. The lowest BCUT2D eigenvalue weighted by atomic mass is 9.83. The fraction of sp³-hybridized carbons (Fsp3) is 0.714. The number of ether oxygens (including phenoxy) is 5. The average Bonchev–Trinajstić information content (AvgIpc) is 3.30. The summed E-state index contributed by atoms with van der Waals surface area (Å²) in [5.41, 5.74) is 1.21. The third-order valence-electron chi connectivity index (χ3n) is 6.82. The molecule has 5 fully saturated rings. The van der Waals surface area contributed by atoms with E-state index in [1.54, 1.807) is 0 Å². The number of fused-ring (bicyclic) bond motifs is 5. The van der Waals surface area contributed by atoms with Crippen LogP contribution in [0.1, 0.15) is 50.2 Å². The van der Waals surface area contributed by atoms with Crippen LogP contribution in [-0.2, 0) is 23.7 Å². The van der Waals surface area contributed by atoms with Gasteiger partial charge < -0.3 is 23.7 Å². The van der Waals surface area contributed by atoms with Gasteiger partial charge in [-0.3, -0.25) is 0 Å². The fourth-order valence-corrected chi connectivity index (χ4v) is 5.66. The second kappa shape index (κ2) is 6.01. The van der Waals surface area contributed by atoms with Crippen molar-refractivity contribution in [2.24, 2.45) is 5.92 Å². The summed E-state index contributed by atoms with van der Waals surface area (Å²) in [7, 11) is 0. The van der Waals surface area contributed by atoms with Crippen molar-refractivity contribution in [3.05, 3.63) is 35.9 Å². The summed E-state index contributed by atoms with van der Waals surface area (Å²) in [5.74, 6) is -0.221. The molecule has 0 N–H and O–H groups in total. The summed E-state index contributed by atoms with van der Waals surface area (Å²) < 4.78 is 31.8. The van der Waals surface area contributed by atoms with Crippen LogP contribution in [-0.4, -0.2) is 43.1 Å². The fourth-order valence-electron chi connectivity index (χ4n) is 5.66. The maximum absolute atomic E-state index is 6.48. The quantitative estimate of drug-likeness (QED) is 0.771. The van der Waals surface area contributed by atoms with Gasteiger partial charge in [-0.1, -0.05) is 36.8 Å². The van der Waals surface area contributed by atoms with E-state index in [-0.39, 0.29) is 42.7 Å². The van der Waals surface area contributed by atoms with Crippen molar-refractivity contribution in [3.63, 3.8) is 0 Å². The molecule has 1 aromatic carbocycles. The molecular formula is C21H26O5. The number of hydrogen-bond donors (Lipinski definition) is 0. The molecule has 4 aliphatic heterocycles. The molecule has 4 heterocycles. The van der Waals surface area contributed by atoms with Crippen LogP contribution in [0.25, 0.3) is 0 Å². The van der Waals surface area contributed by atoms with Crippen LogP contribution >= 0.6 is 0 Å². The van der Waals surface area contributed by atoms with E-state index in [1.165, 1.54) is 24.8 Å². The molecule has 1 saturated carbocycles. The maximum atomic E-state index is 6.48. The summed E-state index contributed by atoms with van der Waals surface area (Å²) in [6.07, 6.45) is 6.25. The monoisotopic (exact) mass is 358 g/mol. The molecular weight excluding hydrogens is 332 g/mol. The highest BCUT2D eigenvalue weighted by Gasteiger charge is 2.65. The summed E-state index contributed by atoms with van der Waals surface area (Å²) in [4.78, 5) is 0. The molecule has 0 bridgehead atoms. The molecule has 0 radical (unpaired) electrons. The Hall–Kier alpha value is -0.980. The molecule has 7 unspecified atom stereocenters. The molecule has 7 atom stereocenters. The van der Waals surface area contributed by atoms with Crippen LogP contribution in [0, 0.1) is 5.92 Å². The van der Waals surface area contributed by atoms with Gasteiger partial charge in [-0.25, -0.2) is 0 Å². The molecule has 5 nitrogen and oxygen atoms in total. The Labute approximate surface area is 153 Å². The minimum absolute atomic E-state index is 0.0125. The predicted octanol–water partition coefficient (Wildman–Crippen LogP) is 3.33. The van der Waals surface area contributed by atoms with Gasteiger partial charge in [0.15, 0.2) is 12.1 Å². The van der Waals surface area contributed by atoms with Crippen molar-refractivity contribution in [1.29, 1.82) is 0 Å². The summed E-state index contributed by atoms with van der Waals surface area (Å²) in [6, 6.07) is 10.5. The van der Waals surface area contributed by atoms with E-state index in [2.05, 4.69) is 24.3 Å². The second-order valence-electron chi connectivity index (χ2n) is 8.35. The first kappa shape index (κ1) is 16.0. The average molecular weight is 358 g/mol. The molecule has 26 heavy (non-hydrogen) atoms. The van der Waals surface area contributed by atoms with E-state index < -0.39 is 5.79 Å². The molecule has 6 rings (SSSR count). The molecule has 140 valence electrons. The Kier molecular flexibility index (Phi) is 3.70. The first-order chi connectivity index (χ1) is 12.8. The van der Waals surface area contributed by atoms with E-state index in [4.69, 9.17) is 23.7 Å². The van der Waals surface area contributed by atoms with Crippen molar-refractivity contribution in [2.45, 2.75) is 81.1 Å². The van der Waals surface area contributed by atoms with Crippen LogP contribution in [0.5, 0.6) is 0 Å². The largest absolute Gasteiger partial charge is 0.373 e. The number of hydrogen-bond acceptors (Lipinski definition) is 5. The van der Waals surface area contributed by atoms with Crippen LogP contribution in [0.3, 0.4) is 0 Å². The SMILES string of the molecule is c1ccc(C2OCCC3OC4C5OC6(CCCCC6)OC5OC4C32)cc1. The van der Waals surface area contributed by atoms with Crippen molar-refractivity contribution in [3.8, 4) is 0 Å². The van der Waals surface area contributed by atoms with Crippen LogP contribution in [0.2, 0.25) is 0 Å². The van der Waals surface area contributed by atoms with Gasteiger partial charge in [-0.05, 0) is 24.8 Å². The zero-order chi connectivity index (χ0) is 17.1. The highest BCUT2D eigenvalue weighted by Crippen LogP contribution is 2.53. The molecule has 5 heteroatoms. The van der Waals surface area contributed by atoms with E-state index in [0.29, 0.717) is 0 Å². The first-order valence-electron chi connectivity index (χ1n) is 10.2. The van der Waals surface area contributed by atoms with Gasteiger partial charge in [0.1, 0.15) is 12.2 Å². The van der Waals surface area contributed by atoms with Gasteiger partial charge in [-0.2, -0.15) is 0 Å². The van der Waals surface area contributed by atoms with Crippen molar-refractivity contribution >= 4 is 0 Å². The Morgan fingerprint density at radius 3 is 2.54 bits per heavy atom. The van der Waals surface area contributed by atoms with Gasteiger partial charge in [-0.15, -0.1) is 0 Å². The first-order valence-corrected chi connectivity index (χ1v) is 10.2. The normalized spacial score (nSPS) is 46.1. The third kappa shape index (κ3) is 2.34. The summed E-state index contributed by atoms with van der Waals surface area (Å²) >= 11 is 0. The minimum atomic E-state index is -0.426. The Morgan fingerprint density at radius 1 is 0.846 bits per heavy atom. The van der Waals surface area contributed by atoms with E-state index in [1.807, 2.05) is 6.07 Å². The second-order valence-corrected chi connectivity index (χ2v) is 8.35. The predicted molar refractivity (Wildman–Crippen MR) is 92.3 cm³/mol. The van der Waals surface area contributed by atoms with Crippen molar-refractivity contribution in [1.82, 2.24) is 0 Å². The minimum Gasteiger partial charge on any atom is -0.373 e. The topological polar surface area (TPSA) is 46.2 Å². The molecule has 4 saturated heterocycles. The Bertz CT molecular complexity index is 658. The lowest BCUT2D eigenvalue weighted by molar-refractivity contribution is -0.245. The third-order valence-corrected chi connectivity index (χ3v) is 6.82. The smallest absolute Gasteiger partial charge is 0.190 e. The van der Waals surface area contributed by atoms with E-state index in [9.17, 15) is 0 Å². The van der Waals surface area contributed by atoms with Crippen LogP contribution in [0.15, 0.2) is 30.3 Å². The van der Waals surface area contributed by atoms with Gasteiger partial charge in [0, 0.05) is 25.4 Å². The van der Waals surface area contributed by atoms with Crippen molar-refractivity contribution in [2.75, 3.05) is 6.61 Å². The molecule has 1 aromatic rings. The summed E-state index contributed by atoms with van der Waals surface area (Å²) in [6.45, 7) is 0.732.